The molecule has 4 amide bonds. The Morgan fingerprint density at radius 2 is 1.60 bits per heavy atom. The summed E-state index contributed by atoms with van der Waals surface area (Å²) in [4.78, 5) is 58.5. The van der Waals surface area contributed by atoms with E-state index in [-0.39, 0.29) is 61.7 Å². The van der Waals surface area contributed by atoms with Gasteiger partial charge in [0, 0.05) is 24.7 Å². The van der Waals surface area contributed by atoms with Gasteiger partial charge in [-0.1, -0.05) is 72.8 Å². The lowest BCUT2D eigenvalue weighted by atomic mass is 9.99. The molecule has 3 N–H and O–H groups in total. The number of hydrogen-bond donors (Lipinski definition) is 3. The first-order valence-corrected chi connectivity index (χ1v) is 17.6. The van der Waals surface area contributed by atoms with Crippen LogP contribution in [0.15, 0.2) is 91.0 Å². The first-order valence-electron chi connectivity index (χ1n) is 17.6. The number of fused-ring (bicyclic) bond motifs is 6. The zero-order valence-electron chi connectivity index (χ0n) is 28.1. The van der Waals surface area contributed by atoms with Crippen molar-refractivity contribution in [2.75, 3.05) is 39.3 Å². The molecule has 3 aliphatic heterocycles. The molecule has 3 aliphatic rings. The van der Waals surface area contributed by atoms with Crippen LogP contribution < -0.4 is 20.7 Å². The number of nitrogens with zero attached hydrogens (tertiary/aromatic N) is 2. The van der Waals surface area contributed by atoms with Crippen molar-refractivity contribution in [2.24, 2.45) is 0 Å². The molecular weight excluding hydrogens is 630 g/mol. The highest BCUT2D eigenvalue weighted by Gasteiger charge is 2.39. The number of carbonyl (C=O) groups is 4. The second kappa shape index (κ2) is 15.1. The van der Waals surface area contributed by atoms with E-state index in [2.05, 4.69) is 20.9 Å². The number of ether oxygens (including phenoxy) is 1. The Labute approximate surface area is 292 Å². The van der Waals surface area contributed by atoms with E-state index in [9.17, 15) is 19.2 Å². The van der Waals surface area contributed by atoms with E-state index in [1.54, 1.807) is 11.0 Å². The lowest BCUT2D eigenvalue weighted by Crippen LogP contribution is -2.53. The summed E-state index contributed by atoms with van der Waals surface area (Å²) in [5.74, 6) is -0.259. The molecule has 10 heteroatoms. The first kappa shape index (κ1) is 33.3. The van der Waals surface area contributed by atoms with E-state index in [0.717, 1.165) is 53.4 Å². The van der Waals surface area contributed by atoms with Gasteiger partial charge in [-0.15, -0.1) is 0 Å². The number of hydrogen-bond acceptors (Lipinski definition) is 6. The molecule has 0 aliphatic carbocycles. The van der Waals surface area contributed by atoms with Gasteiger partial charge in [0.1, 0.15) is 18.4 Å². The number of rotatable bonds is 6. The van der Waals surface area contributed by atoms with Gasteiger partial charge < -0.3 is 25.6 Å². The predicted molar refractivity (Wildman–Crippen MR) is 192 cm³/mol. The zero-order chi connectivity index (χ0) is 34.5. The predicted octanol–water partition coefficient (Wildman–Crippen LogP) is 3.93. The molecule has 0 radical (unpaired) electrons. The summed E-state index contributed by atoms with van der Waals surface area (Å²) in [6, 6.07) is 27.2. The maximum atomic E-state index is 14.5. The van der Waals surface area contributed by atoms with Crippen molar-refractivity contribution >= 4 is 34.4 Å². The van der Waals surface area contributed by atoms with Gasteiger partial charge in [-0.05, 0) is 84.4 Å². The van der Waals surface area contributed by atoms with Gasteiger partial charge >= 0.3 is 0 Å². The third kappa shape index (κ3) is 7.65. The minimum Gasteiger partial charge on any atom is -0.491 e. The van der Waals surface area contributed by atoms with Gasteiger partial charge in [-0.3, -0.25) is 24.1 Å². The Bertz CT molecular complexity index is 1880. The van der Waals surface area contributed by atoms with E-state index in [1.807, 2.05) is 84.9 Å². The second-order valence-corrected chi connectivity index (χ2v) is 13.5. The summed E-state index contributed by atoms with van der Waals surface area (Å²) in [5.41, 5.74) is 2.98. The summed E-state index contributed by atoms with van der Waals surface area (Å²) in [6.07, 6.45) is 3.01. The molecule has 258 valence electrons. The van der Waals surface area contributed by atoms with Crippen LogP contribution in [0.2, 0.25) is 0 Å². The minimum absolute atomic E-state index is 0.0537. The maximum absolute atomic E-state index is 14.5. The van der Waals surface area contributed by atoms with Gasteiger partial charge in [0.25, 0.3) is 5.91 Å². The first-order chi connectivity index (χ1) is 24.4. The molecule has 50 heavy (non-hydrogen) atoms. The number of carbonyl (C=O) groups excluding carboxylic acids is 4. The fourth-order valence-corrected chi connectivity index (χ4v) is 7.49. The van der Waals surface area contributed by atoms with E-state index < -0.39 is 6.04 Å². The van der Waals surface area contributed by atoms with Crippen molar-refractivity contribution in [3.05, 3.63) is 102 Å². The minimum atomic E-state index is -0.902. The van der Waals surface area contributed by atoms with Crippen LogP contribution in [0.3, 0.4) is 0 Å². The highest BCUT2D eigenvalue weighted by molar-refractivity contribution is 6.01. The number of benzene rings is 4. The summed E-state index contributed by atoms with van der Waals surface area (Å²) in [6.45, 7) is 2.85. The molecule has 0 aromatic heterocycles. The maximum Gasteiger partial charge on any atom is 0.251 e. The van der Waals surface area contributed by atoms with Crippen LogP contribution >= 0.6 is 0 Å². The van der Waals surface area contributed by atoms with Crippen molar-refractivity contribution in [2.45, 2.75) is 50.2 Å². The number of nitrogens with one attached hydrogen (secondary N) is 3. The molecule has 2 bridgehead atoms. The van der Waals surface area contributed by atoms with Crippen LogP contribution in [0.4, 0.5) is 0 Å². The average molecular weight is 674 g/mol. The Kier molecular flexibility index (Phi) is 10.1. The van der Waals surface area contributed by atoms with Crippen LogP contribution in [0.1, 0.15) is 41.6 Å². The Balaban J connectivity index is 1.15. The fraction of sp³-hybridized carbons (Fsp3) is 0.350. The molecule has 4 aromatic rings. The molecule has 3 atom stereocenters. The van der Waals surface area contributed by atoms with Gasteiger partial charge in [-0.25, -0.2) is 0 Å². The van der Waals surface area contributed by atoms with Crippen LogP contribution in [-0.2, 0) is 20.8 Å². The lowest BCUT2D eigenvalue weighted by molar-refractivity contribution is -0.137. The van der Waals surface area contributed by atoms with E-state index >= 15 is 0 Å². The quantitative estimate of drug-likeness (QED) is 0.286. The standard InChI is InChI=1S/C40H43N5O5/c46-37(22-29-11-7-10-27-9-1-2-14-33(27)29)43-36-17-18-41-39(48)35-16-4-3-15-34(35)28-12-8-13-32(21-28)50-26-31-23-30(24-45(31)40(36)49)42-38(47)25-44-19-5-6-20-44/h1-4,7-16,21,30-31,36H,5-6,17-20,22-26H2,(H,41,48)(H,42,47)(H,43,46)/t30?,31-,36+/m0/s1. The fourth-order valence-electron chi connectivity index (χ4n) is 7.49. The normalized spacial score (nSPS) is 21.3. The third-order valence-corrected chi connectivity index (χ3v) is 9.97. The van der Waals surface area contributed by atoms with Crippen LogP contribution in [0.5, 0.6) is 5.75 Å². The van der Waals surface area contributed by atoms with Crippen molar-refractivity contribution < 1.29 is 23.9 Å². The van der Waals surface area contributed by atoms with E-state index in [4.69, 9.17) is 4.74 Å². The van der Waals surface area contributed by atoms with Crippen LogP contribution in [0.25, 0.3) is 21.9 Å². The number of likely N-dealkylation sites (tertiary alicyclic amines) is 1. The molecule has 0 saturated carbocycles. The Morgan fingerprint density at radius 1 is 0.840 bits per heavy atom. The van der Waals surface area contributed by atoms with E-state index in [0.29, 0.717) is 30.8 Å². The molecule has 2 saturated heterocycles. The molecule has 0 spiro atoms. The Morgan fingerprint density at radius 3 is 2.46 bits per heavy atom. The molecule has 2 fully saturated rings. The van der Waals surface area contributed by atoms with Crippen LogP contribution in [-0.4, -0.2) is 90.9 Å². The van der Waals surface area contributed by atoms with Crippen molar-refractivity contribution in [3.63, 3.8) is 0 Å². The van der Waals surface area contributed by atoms with Crippen LogP contribution in [0, 0.1) is 0 Å². The van der Waals surface area contributed by atoms with E-state index in [1.165, 1.54) is 0 Å². The van der Waals surface area contributed by atoms with Crippen molar-refractivity contribution in [1.82, 2.24) is 25.8 Å². The largest absolute Gasteiger partial charge is 0.491 e. The topological polar surface area (TPSA) is 120 Å². The Hall–Kier alpha value is -5.22. The molecule has 7 rings (SSSR count). The van der Waals surface area contributed by atoms with Gasteiger partial charge in [0.05, 0.1) is 19.0 Å². The van der Waals surface area contributed by atoms with Gasteiger partial charge in [0.15, 0.2) is 0 Å². The summed E-state index contributed by atoms with van der Waals surface area (Å²) in [7, 11) is 0. The van der Waals surface area contributed by atoms with Crippen molar-refractivity contribution in [3.8, 4) is 16.9 Å². The summed E-state index contributed by atoms with van der Waals surface area (Å²) >= 11 is 0. The lowest BCUT2D eigenvalue weighted by Gasteiger charge is -2.29. The smallest absolute Gasteiger partial charge is 0.251 e. The van der Waals surface area contributed by atoms with Crippen molar-refractivity contribution in [1.29, 1.82) is 0 Å². The van der Waals surface area contributed by atoms with Gasteiger partial charge in [-0.2, -0.15) is 0 Å². The monoisotopic (exact) mass is 673 g/mol. The third-order valence-electron chi connectivity index (χ3n) is 9.97. The second-order valence-electron chi connectivity index (χ2n) is 13.5. The SMILES string of the molecule is O=C(CN1CCCC1)NC1C[C@H]2COc3cccc(c3)-c3ccccc3C(=O)NCC[C@@H](NC(=O)Cc3cccc4ccccc34)C(=O)N2C1. The molecule has 1 unspecified atom stereocenters. The highest BCUT2D eigenvalue weighted by atomic mass is 16.5. The molecular formula is C40H43N5O5. The molecule has 3 heterocycles. The molecule has 10 nitrogen and oxygen atoms in total. The summed E-state index contributed by atoms with van der Waals surface area (Å²) < 4.78 is 6.32. The van der Waals surface area contributed by atoms with Gasteiger partial charge in [0.2, 0.25) is 17.7 Å². The summed E-state index contributed by atoms with van der Waals surface area (Å²) in [5, 5.41) is 11.2. The number of amides is 4. The average Bonchev–Trinajstić information content (AvgIpc) is 3.79. The highest BCUT2D eigenvalue weighted by Crippen LogP contribution is 2.29. The molecule has 4 aromatic carbocycles. The zero-order valence-corrected chi connectivity index (χ0v) is 28.1.